The van der Waals surface area contributed by atoms with Crippen molar-refractivity contribution in [2.24, 2.45) is 0 Å². The van der Waals surface area contributed by atoms with E-state index in [1.165, 1.54) is 18.4 Å². The Kier molecular flexibility index (Phi) is 5.73. The highest BCUT2D eigenvalue weighted by Crippen LogP contribution is 2.42. The number of anilines is 2. The number of nitrogens with one attached hydrogen (secondary N) is 1. The van der Waals surface area contributed by atoms with Gasteiger partial charge in [0.1, 0.15) is 15.6 Å². The number of hydrogen-bond acceptors (Lipinski definition) is 7. The maximum atomic E-state index is 11.7. The van der Waals surface area contributed by atoms with Crippen LogP contribution in [0.3, 0.4) is 0 Å². The van der Waals surface area contributed by atoms with Gasteiger partial charge >= 0.3 is 5.97 Å². The van der Waals surface area contributed by atoms with Crippen molar-refractivity contribution in [3.63, 3.8) is 0 Å². The van der Waals surface area contributed by atoms with E-state index in [2.05, 4.69) is 5.32 Å². The third kappa shape index (κ3) is 3.27. The van der Waals surface area contributed by atoms with Gasteiger partial charge in [0.05, 0.1) is 20.3 Å². The third-order valence-electron chi connectivity index (χ3n) is 2.16. The fraction of sp³-hybridized carbons (Fsp3) is 0.545. The van der Waals surface area contributed by atoms with Crippen molar-refractivity contribution >= 4 is 28.0 Å². The molecule has 0 aliphatic heterocycles. The molecule has 3 N–H and O–H groups in total. The first-order valence-electron chi connectivity index (χ1n) is 5.51. The van der Waals surface area contributed by atoms with Gasteiger partial charge in [0.2, 0.25) is 0 Å². The van der Waals surface area contributed by atoms with E-state index in [0.717, 1.165) is 0 Å². The maximum Gasteiger partial charge on any atom is 0.350 e. The molecular formula is C11H18N2O4S. The molecule has 0 spiro atoms. The molecule has 1 aromatic heterocycles. The van der Waals surface area contributed by atoms with Crippen molar-refractivity contribution in [3.05, 3.63) is 4.88 Å². The highest BCUT2D eigenvalue weighted by molar-refractivity contribution is 7.19. The van der Waals surface area contributed by atoms with Crippen molar-refractivity contribution in [2.75, 3.05) is 45.0 Å². The van der Waals surface area contributed by atoms with Crippen LogP contribution >= 0.6 is 11.3 Å². The smallest absolute Gasteiger partial charge is 0.350 e. The van der Waals surface area contributed by atoms with Crippen LogP contribution in [0.2, 0.25) is 0 Å². The predicted molar refractivity (Wildman–Crippen MR) is 71.6 cm³/mol. The van der Waals surface area contributed by atoms with E-state index in [9.17, 15) is 4.79 Å². The van der Waals surface area contributed by atoms with Gasteiger partial charge in [0.15, 0.2) is 5.75 Å². The fourth-order valence-corrected chi connectivity index (χ4v) is 2.37. The summed E-state index contributed by atoms with van der Waals surface area (Å²) in [7, 11) is 3.13. The first-order valence-corrected chi connectivity index (χ1v) is 6.33. The Morgan fingerprint density at radius 2 is 2.17 bits per heavy atom. The Morgan fingerprint density at radius 1 is 1.44 bits per heavy atom. The Hall–Kier alpha value is -1.47. The van der Waals surface area contributed by atoms with Crippen LogP contribution in [0.25, 0.3) is 0 Å². The summed E-state index contributed by atoms with van der Waals surface area (Å²) in [6, 6.07) is 0. The van der Waals surface area contributed by atoms with Crippen LogP contribution in [0.15, 0.2) is 0 Å². The quantitative estimate of drug-likeness (QED) is 0.580. The molecule has 7 heteroatoms. The van der Waals surface area contributed by atoms with Gasteiger partial charge in [-0.2, -0.15) is 0 Å². The summed E-state index contributed by atoms with van der Waals surface area (Å²) >= 11 is 1.22. The maximum absolute atomic E-state index is 11.7. The van der Waals surface area contributed by atoms with Crippen molar-refractivity contribution in [2.45, 2.75) is 6.92 Å². The van der Waals surface area contributed by atoms with Gasteiger partial charge in [0, 0.05) is 13.7 Å². The number of rotatable bonds is 7. The molecule has 0 fully saturated rings. The normalized spacial score (nSPS) is 10.2. The van der Waals surface area contributed by atoms with Crippen LogP contribution in [-0.4, -0.2) is 39.9 Å². The summed E-state index contributed by atoms with van der Waals surface area (Å²) in [4.78, 5) is 12.0. The Balaban J connectivity index is 2.90. The molecule has 0 aliphatic carbocycles. The van der Waals surface area contributed by atoms with Gasteiger partial charge in [-0.3, -0.25) is 0 Å². The number of ether oxygens (including phenoxy) is 3. The molecular weight excluding hydrogens is 256 g/mol. The topological polar surface area (TPSA) is 82.8 Å². The number of nitrogens with two attached hydrogens (primary N) is 1. The summed E-state index contributed by atoms with van der Waals surface area (Å²) in [6.45, 7) is 3.21. The molecule has 0 aromatic carbocycles. The van der Waals surface area contributed by atoms with Crippen molar-refractivity contribution in [1.29, 1.82) is 0 Å². The van der Waals surface area contributed by atoms with E-state index < -0.39 is 5.97 Å². The van der Waals surface area contributed by atoms with Crippen LogP contribution in [0.5, 0.6) is 5.75 Å². The Bertz CT molecular complexity index is 406. The van der Waals surface area contributed by atoms with E-state index in [1.807, 2.05) is 0 Å². The summed E-state index contributed by atoms with van der Waals surface area (Å²) in [5, 5.41) is 3.81. The van der Waals surface area contributed by atoms with Crippen molar-refractivity contribution in [3.8, 4) is 5.75 Å². The molecule has 6 nitrogen and oxygen atoms in total. The molecule has 0 unspecified atom stereocenters. The Labute approximate surface area is 110 Å². The standard InChI is InChI=1S/C11H18N2O4S/c1-4-17-11(14)9-7(12)8(16-3)10(18-9)13-5-6-15-2/h13H,4-6,12H2,1-3H3. The number of thiophene rings is 1. The molecule has 1 heterocycles. The zero-order chi connectivity index (χ0) is 13.5. The first kappa shape index (κ1) is 14.6. The number of carbonyl (C=O) groups is 1. The van der Waals surface area contributed by atoms with Crippen LogP contribution in [-0.2, 0) is 9.47 Å². The van der Waals surface area contributed by atoms with Crippen molar-refractivity contribution < 1.29 is 19.0 Å². The highest BCUT2D eigenvalue weighted by Gasteiger charge is 2.22. The highest BCUT2D eigenvalue weighted by atomic mass is 32.1. The summed E-state index contributed by atoms with van der Waals surface area (Å²) in [6.07, 6.45) is 0. The molecule has 0 saturated heterocycles. The molecule has 102 valence electrons. The van der Waals surface area contributed by atoms with Crippen molar-refractivity contribution in [1.82, 2.24) is 0 Å². The number of esters is 1. The fourth-order valence-electron chi connectivity index (χ4n) is 1.36. The third-order valence-corrected chi connectivity index (χ3v) is 3.28. The molecule has 1 aromatic rings. The average molecular weight is 274 g/mol. The predicted octanol–water partition coefficient (Wildman–Crippen LogP) is 1.57. The van der Waals surface area contributed by atoms with Gasteiger partial charge in [-0.1, -0.05) is 0 Å². The monoisotopic (exact) mass is 274 g/mol. The van der Waals surface area contributed by atoms with Crippen LogP contribution in [0, 0.1) is 0 Å². The molecule has 0 atom stereocenters. The summed E-state index contributed by atoms with van der Waals surface area (Å²) < 4.78 is 15.1. The molecule has 18 heavy (non-hydrogen) atoms. The minimum atomic E-state index is -0.432. The zero-order valence-electron chi connectivity index (χ0n) is 10.7. The number of nitrogen functional groups attached to an aromatic ring is 1. The van der Waals surface area contributed by atoms with E-state index in [0.29, 0.717) is 41.1 Å². The second-order valence-corrected chi connectivity index (χ2v) is 4.37. The Morgan fingerprint density at radius 3 is 2.72 bits per heavy atom. The molecule has 0 bridgehead atoms. The van der Waals surface area contributed by atoms with Gasteiger partial charge in [-0.15, -0.1) is 11.3 Å². The van der Waals surface area contributed by atoms with E-state index in [1.54, 1.807) is 14.0 Å². The van der Waals surface area contributed by atoms with Gasteiger partial charge in [-0.05, 0) is 6.92 Å². The number of carbonyl (C=O) groups excluding carboxylic acids is 1. The molecule has 0 amide bonds. The summed E-state index contributed by atoms with van der Waals surface area (Å²) in [5.41, 5.74) is 6.17. The second-order valence-electron chi connectivity index (χ2n) is 3.35. The lowest BCUT2D eigenvalue weighted by atomic mass is 10.3. The lowest BCUT2D eigenvalue weighted by Crippen LogP contribution is -2.07. The minimum absolute atomic E-state index is 0.306. The first-order chi connectivity index (χ1) is 8.65. The second kappa shape index (κ2) is 7.07. The molecule has 0 saturated carbocycles. The minimum Gasteiger partial charge on any atom is -0.492 e. The van der Waals surface area contributed by atoms with Crippen LogP contribution in [0.1, 0.15) is 16.6 Å². The SMILES string of the molecule is CCOC(=O)c1sc(NCCOC)c(OC)c1N. The number of methoxy groups -OCH3 is 2. The zero-order valence-corrected chi connectivity index (χ0v) is 11.6. The van der Waals surface area contributed by atoms with Gasteiger partial charge < -0.3 is 25.3 Å². The lowest BCUT2D eigenvalue weighted by Gasteiger charge is -2.05. The molecule has 0 radical (unpaired) electrons. The van der Waals surface area contributed by atoms with E-state index in [4.69, 9.17) is 19.9 Å². The van der Waals surface area contributed by atoms with E-state index >= 15 is 0 Å². The lowest BCUT2D eigenvalue weighted by molar-refractivity contribution is 0.0533. The average Bonchev–Trinajstić information content (AvgIpc) is 2.66. The summed E-state index contributed by atoms with van der Waals surface area (Å²) in [5.74, 6) is 0.0391. The van der Waals surface area contributed by atoms with Gasteiger partial charge in [-0.25, -0.2) is 4.79 Å². The molecule has 1 rings (SSSR count). The number of hydrogen-bond donors (Lipinski definition) is 2. The molecule has 0 aliphatic rings. The van der Waals surface area contributed by atoms with Crippen LogP contribution in [0.4, 0.5) is 10.7 Å². The van der Waals surface area contributed by atoms with E-state index in [-0.39, 0.29) is 0 Å². The van der Waals surface area contributed by atoms with Gasteiger partial charge in [0.25, 0.3) is 0 Å². The van der Waals surface area contributed by atoms with Crippen LogP contribution < -0.4 is 15.8 Å². The largest absolute Gasteiger partial charge is 0.492 e.